The van der Waals surface area contributed by atoms with Crippen molar-refractivity contribution in [2.75, 3.05) is 10.7 Å². The van der Waals surface area contributed by atoms with Gasteiger partial charge in [0.2, 0.25) is 0 Å². The van der Waals surface area contributed by atoms with Crippen LogP contribution in [0.4, 0.5) is 11.4 Å². The average Bonchev–Trinajstić information content (AvgIpc) is 2.79. The van der Waals surface area contributed by atoms with E-state index < -0.39 is 6.04 Å². The van der Waals surface area contributed by atoms with Crippen molar-refractivity contribution in [3.05, 3.63) is 57.6 Å². The van der Waals surface area contributed by atoms with Crippen LogP contribution >= 0.6 is 23.2 Å². The van der Waals surface area contributed by atoms with Gasteiger partial charge in [0.25, 0.3) is 0 Å². The second kappa shape index (κ2) is 5.56. The lowest BCUT2D eigenvalue weighted by Crippen LogP contribution is -2.34. The molecule has 0 amide bonds. The third-order valence-corrected chi connectivity index (χ3v) is 4.19. The molecule has 0 spiro atoms. The van der Waals surface area contributed by atoms with Crippen LogP contribution < -0.4 is 16.2 Å². The lowest BCUT2D eigenvalue weighted by molar-refractivity contribution is -0.109. The van der Waals surface area contributed by atoms with E-state index >= 15 is 0 Å². The molecule has 0 fully saturated rings. The number of anilines is 2. The molecule has 0 bridgehead atoms. The fourth-order valence-electron chi connectivity index (χ4n) is 2.42. The number of rotatable bonds is 3. The van der Waals surface area contributed by atoms with Crippen LogP contribution in [0, 0.1) is 0 Å². The zero-order chi connectivity index (χ0) is 15.0. The van der Waals surface area contributed by atoms with E-state index in [1.54, 1.807) is 12.1 Å². The third-order valence-electron chi connectivity index (χ3n) is 3.49. The monoisotopic (exact) mass is 321 g/mol. The van der Waals surface area contributed by atoms with Gasteiger partial charge in [-0.05, 0) is 23.8 Å². The summed E-state index contributed by atoms with van der Waals surface area (Å²) in [7, 11) is 0. The van der Waals surface area contributed by atoms with Gasteiger partial charge in [0.15, 0.2) is 0 Å². The van der Waals surface area contributed by atoms with E-state index in [-0.39, 0.29) is 0 Å². The molecule has 3 rings (SSSR count). The SMILES string of the molecule is Nc1cc2c(cc1Cl)N(Cc1ccccc1Cl)NC2C=O. The van der Waals surface area contributed by atoms with E-state index in [2.05, 4.69) is 5.43 Å². The molecule has 6 heteroatoms. The van der Waals surface area contributed by atoms with Crippen molar-refractivity contribution >= 4 is 40.9 Å². The highest BCUT2D eigenvalue weighted by molar-refractivity contribution is 6.33. The Balaban J connectivity index is 1.98. The maximum Gasteiger partial charge on any atom is 0.143 e. The molecule has 1 aliphatic heterocycles. The second-order valence-corrected chi connectivity index (χ2v) is 5.67. The molecule has 2 aromatic carbocycles. The molecule has 4 nitrogen and oxygen atoms in total. The van der Waals surface area contributed by atoms with Crippen molar-refractivity contribution in [1.29, 1.82) is 0 Å². The Morgan fingerprint density at radius 3 is 2.71 bits per heavy atom. The van der Waals surface area contributed by atoms with Gasteiger partial charge in [0.05, 0.1) is 22.9 Å². The summed E-state index contributed by atoms with van der Waals surface area (Å²) in [5.74, 6) is 0. The highest BCUT2D eigenvalue weighted by Crippen LogP contribution is 2.38. The lowest BCUT2D eigenvalue weighted by Gasteiger charge is -2.20. The van der Waals surface area contributed by atoms with Crippen molar-refractivity contribution in [1.82, 2.24) is 5.43 Å². The predicted molar refractivity (Wildman–Crippen MR) is 85.4 cm³/mol. The van der Waals surface area contributed by atoms with Gasteiger partial charge in [-0.15, -0.1) is 0 Å². The zero-order valence-electron chi connectivity index (χ0n) is 11.0. The topological polar surface area (TPSA) is 58.4 Å². The van der Waals surface area contributed by atoms with Crippen molar-refractivity contribution in [3.8, 4) is 0 Å². The van der Waals surface area contributed by atoms with Gasteiger partial charge in [0, 0.05) is 10.6 Å². The Hall–Kier alpha value is -1.75. The molecule has 2 aromatic rings. The molecular formula is C15H13Cl2N3O. The number of aldehydes is 1. The van der Waals surface area contributed by atoms with Gasteiger partial charge in [-0.25, -0.2) is 5.43 Å². The molecule has 1 aliphatic rings. The summed E-state index contributed by atoms with van der Waals surface area (Å²) in [5, 5.41) is 3.00. The maximum atomic E-state index is 11.2. The van der Waals surface area contributed by atoms with Crippen LogP contribution in [-0.2, 0) is 11.3 Å². The van der Waals surface area contributed by atoms with Gasteiger partial charge < -0.3 is 15.5 Å². The van der Waals surface area contributed by atoms with E-state index in [4.69, 9.17) is 28.9 Å². The first-order valence-electron chi connectivity index (χ1n) is 6.41. The predicted octanol–water partition coefficient (Wildman–Crippen LogP) is 3.34. The molecule has 1 heterocycles. The van der Waals surface area contributed by atoms with Gasteiger partial charge >= 0.3 is 0 Å². The molecule has 108 valence electrons. The van der Waals surface area contributed by atoms with Gasteiger partial charge in [-0.2, -0.15) is 0 Å². The summed E-state index contributed by atoms with van der Waals surface area (Å²) in [4.78, 5) is 11.2. The van der Waals surface area contributed by atoms with Crippen LogP contribution in [-0.4, -0.2) is 6.29 Å². The largest absolute Gasteiger partial charge is 0.398 e. The Labute approximate surface area is 132 Å². The number of hydrogen-bond donors (Lipinski definition) is 2. The molecule has 0 saturated heterocycles. The van der Waals surface area contributed by atoms with Gasteiger partial charge in [-0.3, -0.25) is 0 Å². The van der Waals surface area contributed by atoms with E-state index in [0.717, 1.165) is 23.1 Å². The molecular weight excluding hydrogens is 309 g/mol. The van der Waals surface area contributed by atoms with Gasteiger partial charge in [-0.1, -0.05) is 41.4 Å². The highest BCUT2D eigenvalue weighted by Gasteiger charge is 2.29. The molecule has 1 unspecified atom stereocenters. The van der Waals surface area contributed by atoms with E-state index in [1.807, 2.05) is 29.3 Å². The number of nitrogens with one attached hydrogen (secondary N) is 1. The van der Waals surface area contributed by atoms with Crippen LogP contribution in [0.3, 0.4) is 0 Å². The summed E-state index contributed by atoms with van der Waals surface area (Å²) in [5.41, 5.74) is 12.0. The van der Waals surface area contributed by atoms with E-state index in [1.165, 1.54) is 0 Å². The molecule has 0 saturated carbocycles. The number of benzene rings is 2. The van der Waals surface area contributed by atoms with Crippen LogP contribution in [0.5, 0.6) is 0 Å². The smallest absolute Gasteiger partial charge is 0.143 e. The number of nitrogens with two attached hydrogens (primary N) is 1. The van der Waals surface area contributed by atoms with Crippen molar-refractivity contribution in [2.24, 2.45) is 0 Å². The Morgan fingerprint density at radius 1 is 1.24 bits per heavy atom. The summed E-state index contributed by atoms with van der Waals surface area (Å²) in [6, 6.07) is 10.6. The first-order valence-corrected chi connectivity index (χ1v) is 7.17. The minimum Gasteiger partial charge on any atom is -0.398 e. The Kier molecular flexibility index (Phi) is 3.76. The standard InChI is InChI=1S/C15H13Cl2N3O/c16-11-4-2-1-3-9(11)7-20-15-6-12(17)13(18)5-10(15)14(8-21)19-20/h1-6,8,14,19H,7,18H2. The first kappa shape index (κ1) is 14.2. The minimum atomic E-state index is -0.429. The number of halogens is 2. The highest BCUT2D eigenvalue weighted by atomic mass is 35.5. The average molecular weight is 322 g/mol. The molecule has 21 heavy (non-hydrogen) atoms. The number of nitrogens with zero attached hydrogens (tertiary/aromatic N) is 1. The normalized spacial score (nSPS) is 16.9. The number of carbonyl (C=O) groups excluding carboxylic acids is 1. The van der Waals surface area contributed by atoms with E-state index in [0.29, 0.717) is 22.3 Å². The summed E-state index contributed by atoms with van der Waals surface area (Å²) in [6.07, 6.45) is 0.846. The third kappa shape index (κ3) is 2.58. The van der Waals surface area contributed by atoms with Crippen molar-refractivity contribution in [3.63, 3.8) is 0 Å². The second-order valence-electron chi connectivity index (χ2n) is 4.85. The quantitative estimate of drug-likeness (QED) is 0.672. The number of carbonyl (C=O) groups is 1. The van der Waals surface area contributed by atoms with Crippen molar-refractivity contribution in [2.45, 2.75) is 12.6 Å². The van der Waals surface area contributed by atoms with Crippen LogP contribution in [0.15, 0.2) is 36.4 Å². The summed E-state index contributed by atoms with van der Waals surface area (Å²) < 4.78 is 0. The summed E-state index contributed by atoms with van der Waals surface area (Å²) in [6.45, 7) is 0.525. The molecule has 0 radical (unpaired) electrons. The van der Waals surface area contributed by atoms with Gasteiger partial charge in [0.1, 0.15) is 12.3 Å². The number of nitrogen functional groups attached to an aromatic ring is 1. The number of hydrogen-bond acceptors (Lipinski definition) is 4. The fraction of sp³-hybridized carbons (Fsp3) is 0.133. The molecule has 3 N–H and O–H groups in total. The van der Waals surface area contributed by atoms with Crippen molar-refractivity contribution < 1.29 is 4.79 Å². The number of hydrazine groups is 1. The van der Waals surface area contributed by atoms with Crippen LogP contribution in [0.1, 0.15) is 17.2 Å². The summed E-state index contributed by atoms with van der Waals surface area (Å²) >= 11 is 12.3. The Bertz CT molecular complexity index is 705. The van der Waals surface area contributed by atoms with Crippen LogP contribution in [0.2, 0.25) is 10.0 Å². The number of fused-ring (bicyclic) bond motifs is 1. The maximum absolute atomic E-state index is 11.2. The fourth-order valence-corrected chi connectivity index (χ4v) is 2.77. The minimum absolute atomic E-state index is 0.429. The lowest BCUT2D eigenvalue weighted by atomic mass is 10.1. The Morgan fingerprint density at radius 2 is 2.00 bits per heavy atom. The van der Waals surface area contributed by atoms with E-state index in [9.17, 15) is 4.79 Å². The first-order chi connectivity index (χ1) is 10.1. The molecule has 1 atom stereocenters. The molecule has 0 aliphatic carbocycles. The zero-order valence-corrected chi connectivity index (χ0v) is 12.5. The molecule has 0 aromatic heterocycles. The van der Waals surface area contributed by atoms with Crippen LogP contribution in [0.25, 0.3) is 0 Å².